The summed E-state index contributed by atoms with van der Waals surface area (Å²) >= 11 is 1.40. The Balaban J connectivity index is 2.03. The molecule has 0 saturated carbocycles. The number of thioether (sulfide) groups is 1. The summed E-state index contributed by atoms with van der Waals surface area (Å²) in [6, 6.07) is 6.71. The van der Waals surface area contributed by atoms with Crippen LogP contribution < -0.4 is 5.32 Å². The lowest BCUT2D eigenvalue weighted by Gasteiger charge is -2.15. The molecule has 160 valence electrons. The fraction of sp³-hybridized carbons (Fsp3) is 0.500. The Morgan fingerprint density at radius 3 is 2.52 bits per heavy atom. The zero-order valence-electron chi connectivity index (χ0n) is 17.9. The van der Waals surface area contributed by atoms with Gasteiger partial charge in [0, 0.05) is 32.9 Å². The summed E-state index contributed by atoms with van der Waals surface area (Å²) in [5.74, 6) is 0.531. The number of sulfonamides is 1. The molecule has 2 aromatic rings. The van der Waals surface area contributed by atoms with Crippen LogP contribution >= 0.6 is 11.8 Å². The lowest BCUT2D eigenvalue weighted by atomic mass is 10.2. The molecule has 2 rings (SSSR count). The van der Waals surface area contributed by atoms with Crippen molar-refractivity contribution in [2.24, 2.45) is 5.92 Å². The summed E-state index contributed by atoms with van der Waals surface area (Å²) in [5, 5.41) is 3.66. The topological polar surface area (TPSA) is 84.3 Å². The molecule has 0 aliphatic heterocycles. The van der Waals surface area contributed by atoms with Crippen LogP contribution in [0.1, 0.15) is 30.8 Å². The van der Waals surface area contributed by atoms with Crippen molar-refractivity contribution in [2.45, 2.75) is 50.8 Å². The highest BCUT2D eigenvalue weighted by Crippen LogP contribution is 2.23. The Bertz CT molecular complexity index is 966. The molecule has 7 nitrogen and oxygen atoms in total. The number of nitrogens with zero attached hydrogens (tertiary/aromatic N) is 3. The van der Waals surface area contributed by atoms with E-state index in [0.29, 0.717) is 11.5 Å². The van der Waals surface area contributed by atoms with Crippen LogP contribution in [0.25, 0.3) is 0 Å². The van der Waals surface area contributed by atoms with Gasteiger partial charge in [0.2, 0.25) is 15.9 Å². The molecule has 1 aromatic heterocycles. The van der Waals surface area contributed by atoms with Crippen molar-refractivity contribution in [3.8, 4) is 0 Å². The summed E-state index contributed by atoms with van der Waals surface area (Å²) in [5.41, 5.74) is 2.65. The van der Waals surface area contributed by atoms with Crippen molar-refractivity contribution in [3.05, 3.63) is 41.2 Å². The molecule has 0 saturated heterocycles. The molecule has 0 unspecified atom stereocenters. The van der Waals surface area contributed by atoms with Gasteiger partial charge in [0.25, 0.3) is 0 Å². The predicted molar refractivity (Wildman–Crippen MR) is 116 cm³/mol. The number of amides is 1. The van der Waals surface area contributed by atoms with Gasteiger partial charge in [-0.25, -0.2) is 17.7 Å². The number of benzene rings is 1. The maximum atomic E-state index is 12.5. The van der Waals surface area contributed by atoms with Gasteiger partial charge < -0.3 is 9.88 Å². The lowest BCUT2D eigenvalue weighted by molar-refractivity contribution is -0.118. The predicted octanol–water partition coefficient (Wildman–Crippen LogP) is 2.81. The van der Waals surface area contributed by atoms with E-state index >= 15 is 0 Å². The number of hydrogen-bond donors (Lipinski definition) is 1. The van der Waals surface area contributed by atoms with Crippen molar-refractivity contribution in [2.75, 3.05) is 19.8 Å². The minimum atomic E-state index is -3.57. The summed E-state index contributed by atoms with van der Waals surface area (Å²) in [4.78, 5) is 17.2. The molecule has 1 N–H and O–H groups in total. The van der Waals surface area contributed by atoms with E-state index in [1.165, 1.54) is 30.2 Å². The number of rotatable bonds is 9. The van der Waals surface area contributed by atoms with Crippen molar-refractivity contribution in [3.63, 3.8) is 0 Å². The van der Waals surface area contributed by atoms with E-state index in [1.807, 2.05) is 13.8 Å². The van der Waals surface area contributed by atoms with Gasteiger partial charge in [0.05, 0.1) is 16.3 Å². The molecule has 1 heterocycles. The number of aromatic nitrogens is 2. The molecule has 0 aliphatic carbocycles. The first-order valence-electron chi connectivity index (χ1n) is 9.47. The van der Waals surface area contributed by atoms with E-state index in [9.17, 15) is 13.2 Å². The number of hydrogen-bond acceptors (Lipinski definition) is 5. The second-order valence-electron chi connectivity index (χ2n) is 7.53. The zero-order valence-corrected chi connectivity index (χ0v) is 19.5. The molecule has 1 amide bonds. The van der Waals surface area contributed by atoms with Crippen LogP contribution in [0.3, 0.4) is 0 Å². The van der Waals surface area contributed by atoms with Crippen molar-refractivity contribution < 1.29 is 13.2 Å². The van der Waals surface area contributed by atoms with E-state index in [0.717, 1.165) is 23.1 Å². The van der Waals surface area contributed by atoms with E-state index in [1.54, 1.807) is 24.3 Å². The van der Waals surface area contributed by atoms with E-state index in [-0.39, 0.29) is 23.1 Å². The normalized spacial score (nSPS) is 12.0. The smallest absolute Gasteiger partial charge is 0.242 e. The summed E-state index contributed by atoms with van der Waals surface area (Å²) in [6.45, 7) is 9.31. The van der Waals surface area contributed by atoms with Crippen LogP contribution in [0.15, 0.2) is 34.3 Å². The molecule has 0 spiro atoms. The Labute approximate surface area is 177 Å². The average Bonchev–Trinajstić information content (AvgIpc) is 2.92. The van der Waals surface area contributed by atoms with Crippen LogP contribution in [0.2, 0.25) is 0 Å². The number of aryl methyl sites for hydroxylation is 1. The summed E-state index contributed by atoms with van der Waals surface area (Å²) in [7, 11) is -0.585. The van der Waals surface area contributed by atoms with Gasteiger partial charge >= 0.3 is 0 Å². The number of carbonyl (C=O) groups excluding carboxylic acids is 1. The zero-order chi connectivity index (χ0) is 21.8. The van der Waals surface area contributed by atoms with Gasteiger partial charge in [-0.3, -0.25) is 4.79 Å². The van der Waals surface area contributed by atoms with Crippen LogP contribution in [0, 0.1) is 19.8 Å². The van der Waals surface area contributed by atoms with Gasteiger partial charge in [0.1, 0.15) is 0 Å². The van der Waals surface area contributed by atoms with Crippen molar-refractivity contribution in [1.29, 1.82) is 0 Å². The minimum absolute atomic E-state index is 0.154. The van der Waals surface area contributed by atoms with Gasteiger partial charge in [0.15, 0.2) is 5.16 Å². The Kier molecular flexibility index (Phi) is 7.90. The summed E-state index contributed by atoms with van der Waals surface area (Å²) < 4.78 is 28.3. The second-order valence-corrected chi connectivity index (χ2v) is 10.6. The number of nitrogens with one attached hydrogen (secondary N) is 1. The number of carbonyl (C=O) groups is 1. The van der Waals surface area contributed by atoms with E-state index in [2.05, 4.69) is 28.7 Å². The maximum absolute atomic E-state index is 12.5. The fourth-order valence-electron chi connectivity index (χ4n) is 2.79. The van der Waals surface area contributed by atoms with Crippen LogP contribution in [-0.2, 0) is 27.9 Å². The first-order chi connectivity index (χ1) is 13.5. The molecule has 29 heavy (non-hydrogen) atoms. The Hall–Kier alpha value is -1.84. The SMILES string of the molecule is Cc1nc(SCC(=O)NCc2ccccc2S(=O)(=O)N(C)C)n(CC(C)C)c1C. The van der Waals surface area contributed by atoms with Crippen molar-refractivity contribution >= 4 is 27.7 Å². The molecular weight excluding hydrogens is 408 g/mol. The van der Waals surface area contributed by atoms with E-state index in [4.69, 9.17) is 0 Å². The maximum Gasteiger partial charge on any atom is 0.242 e. The highest BCUT2D eigenvalue weighted by atomic mass is 32.2. The first-order valence-corrected chi connectivity index (χ1v) is 11.9. The first kappa shape index (κ1) is 23.4. The quantitative estimate of drug-likeness (QED) is 0.609. The van der Waals surface area contributed by atoms with E-state index < -0.39 is 10.0 Å². The van der Waals surface area contributed by atoms with Crippen molar-refractivity contribution in [1.82, 2.24) is 19.2 Å². The third-order valence-corrected chi connectivity index (χ3v) is 7.40. The summed E-state index contributed by atoms with van der Waals surface area (Å²) in [6.07, 6.45) is 0. The highest BCUT2D eigenvalue weighted by Gasteiger charge is 2.21. The fourth-order valence-corrected chi connectivity index (χ4v) is 4.83. The third kappa shape index (κ3) is 5.83. The number of imidazole rings is 1. The average molecular weight is 439 g/mol. The Morgan fingerprint density at radius 1 is 1.24 bits per heavy atom. The standard InChI is InChI=1S/C20H30N4O3S2/c1-14(2)12-24-16(4)15(3)22-20(24)28-13-19(25)21-11-17-9-7-8-10-18(17)29(26,27)23(5)6/h7-10,14H,11-13H2,1-6H3,(H,21,25). The molecule has 1 aromatic carbocycles. The second kappa shape index (κ2) is 9.77. The molecule has 9 heteroatoms. The van der Waals surface area contributed by atoms with Gasteiger partial charge in [-0.15, -0.1) is 0 Å². The molecular formula is C20H30N4O3S2. The highest BCUT2D eigenvalue weighted by molar-refractivity contribution is 7.99. The third-order valence-electron chi connectivity index (χ3n) is 4.51. The van der Waals surface area contributed by atoms with Crippen LogP contribution in [-0.4, -0.2) is 48.0 Å². The monoisotopic (exact) mass is 438 g/mol. The Morgan fingerprint density at radius 2 is 1.90 bits per heavy atom. The molecule has 0 radical (unpaired) electrons. The van der Waals surface area contributed by atoms with Gasteiger partial charge in [-0.2, -0.15) is 0 Å². The molecule has 0 atom stereocenters. The van der Waals surface area contributed by atoms with Gasteiger partial charge in [-0.1, -0.05) is 43.8 Å². The van der Waals surface area contributed by atoms with Crippen LogP contribution in [0.5, 0.6) is 0 Å². The molecule has 0 fully saturated rings. The molecule has 0 bridgehead atoms. The van der Waals surface area contributed by atoms with Gasteiger partial charge in [-0.05, 0) is 31.4 Å². The largest absolute Gasteiger partial charge is 0.351 e. The minimum Gasteiger partial charge on any atom is -0.351 e. The lowest BCUT2D eigenvalue weighted by Crippen LogP contribution is -2.28. The van der Waals surface area contributed by atoms with Crippen LogP contribution in [0.4, 0.5) is 0 Å². The molecule has 0 aliphatic rings.